The van der Waals surface area contributed by atoms with Crippen LogP contribution >= 0.6 is 0 Å². The summed E-state index contributed by atoms with van der Waals surface area (Å²) >= 11 is 0. The lowest BCUT2D eigenvalue weighted by atomic mass is 9.80. The van der Waals surface area contributed by atoms with Crippen LogP contribution in [-0.4, -0.2) is 58.0 Å². The molecule has 4 aromatic rings. The van der Waals surface area contributed by atoms with Crippen LogP contribution in [0.3, 0.4) is 0 Å². The fourth-order valence-corrected chi connectivity index (χ4v) is 5.87. The number of amides is 1. The standard InChI is InChI=1S/C34H40F3N7O/c1-22-17-28(34(35,36)37)31(27-21-39-29-11-6-5-10-26(27)29)43-32(22)42-23-9-7-15-33(2,18-23)40-20-24-13-14-25(19-38-24)41-30(45)12-8-16-44(3)4/h5-6,8,10-14,17,19,21,23,39-40H,7,9,15-16,18,20H2,1-4H3,(H,41,45)(H,42,43)/b12-8+/t23-,33+/m1/s1. The van der Waals surface area contributed by atoms with Gasteiger partial charge in [0.25, 0.3) is 0 Å². The quantitative estimate of drug-likeness (QED) is 0.144. The van der Waals surface area contributed by atoms with Crippen LogP contribution in [0.25, 0.3) is 22.2 Å². The molecule has 1 saturated carbocycles. The molecule has 4 N–H and O–H groups in total. The van der Waals surface area contributed by atoms with Gasteiger partial charge in [-0.3, -0.25) is 9.78 Å². The lowest BCUT2D eigenvalue weighted by Crippen LogP contribution is -2.48. The van der Waals surface area contributed by atoms with Gasteiger partial charge in [0.15, 0.2) is 0 Å². The predicted octanol–water partition coefficient (Wildman–Crippen LogP) is 6.91. The van der Waals surface area contributed by atoms with E-state index in [-0.39, 0.29) is 23.2 Å². The number of aromatic nitrogens is 3. The Labute approximate surface area is 261 Å². The Morgan fingerprint density at radius 1 is 1.20 bits per heavy atom. The number of hydrogen-bond acceptors (Lipinski definition) is 6. The minimum Gasteiger partial charge on any atom is -0.367 e. The normalized spacial score (nSPS) is 19.0. The molecule has 3 heterocycles. The van der Waals surface area contributed by atoms with E-state index in [0.717, 1.165) is 36.9 Å². The molecule has 45 heavy (non-hydrogen) atoms. The van der Waals surface area contributed by atoms with Crippen LogP contribution in [0.15, 0.2) is 67.0 Å². The smallest absolute Gasteiger partial charge is 0.367 e. The lowest BCUT2D eigenvalue weighted by Gasteiger charge is -2.39. The van der Waals surface area contributed by atoms with Crippen molar-refractivity contribution < 1.29 is 18.0 Å². The Hall–Kier alpha value is -4.22. The minimum atomic E-state index is -4.54. The summed E-state index contributed by atoms with van der Waals surface area (Å²) in [4.78, 5) is 26.3. The van der Waals surface area contributed by atoms with Crippen molar-refractivity contribution >= 4 is 28.3 Å². The summed E-state index contributed by atoms with van der Waals surface area (Å²) < 4.78 is 42.5. The van der Waals surface area contributed by atoms with Gasteiger partial charge in [0.2, 0.25) is 5.91 Å². The summed E-state index contributed by atoms with van der Waals surface area (Å²) in [6, 6.07) is 12.2. The summed E-state index contributed by atoms with van der Waals surface area (Å²) in [5, 5.41) is 10.6. The van der Waals surface area contributed by atoms with Crippen LogP contribution in [-0.2, 0) is 17.5 Å². The Morgan fingerprint density at radius 3 is 2.73 bits per heavy atom. The van der Waals surface area contributed by atoms with Crippen molar-refractivity contribution in [2.45, 2.75) is 63.8 Å². The number of nitrogens with one attached hydrogen (secondary N) is 4. The molecule has 8 nitrogen and oxygen atoms in total. The van der Waals surface area contributed by atoms with E-state index in [9.17, 15) is 18.0 Å². The maximum absolute atomic E-state index is 14.2. The van der Waals surface area contributed by atoms with Gasteiger partial charge in [0.1, 0.15) is 5.82 Å². The van der Waals surface area contributed by atoms with E-state index in [0.29, 0.717) is 41.1 Å². The molecule has 1 aliphatic carbocycles. The highest BCUT2D eigenvalue weighted by Crippen LogP contribution is 2.41. The number of nitrogens with zero attached hydrogens (tertiary/aromatic N) is 3. The monoisotopic (exact) mass is 619 g/mol. The molecule has 11 heteroatoms. The first-order valence-electron chi connectivity index (χ1n) is 15.1. The van der Waals surface area contributed by atoms with Gasteiger partial charge >= 0.3 is 6.18 Å². The van der Waals surface area contributed by atoms with Gasteiger partial charge < -0.3 is 25.8 Å². The second kappa shape index (κ2) is 13.4. The molecule has 3 aromatic heterocycles. The first-order valence-corrected chi connectivity index (χ1v) is 15.1. The molecule has 0 saturated heterocycles. The molecule has 1 amide bonds. The molecule has 2 atom stereocenters. The molecule has 0 radical (unpaired) electrons. The SMILES string of the molecule is Cc1cc(C(F)(F)F)c(-c2c[nH]c3ccccc23)nc1N[C@@H]1CCC[C@](C)(NCc2ccc(NC(=O)/C=C/CN(C)C)cn2)C1. The molecular weight excluding hydrogens is 579 g/mol. The Morgan fingerprint density at radius 2 is 2.00 bits per heavy atom. The van der Waals surface area contributed by atoms with E-state index in [1.165, 1.54) is 12.1 Å². The van der Waals surface area contributed by atoms with E-state index in [1.54, 1.807) is 31.5 Å². The fraction of sp³-hybridized carbons (Fsp3) is 0.382. The molecule has 5 rings (SSSR count). The zero-order valence-corrected chi connectivity index (χ0v) is 26.1. The van der Waals surface area contributed by atoms with Crippen LogP contribution in [0.2, 0.25) is 0 Å². The van der Waals surface area contributed by atoms with Crippen LogP contribution in [0.5, 0.6) is 0 Å². The largest absolute Gasteiger partial charge is 0.418 e. The van der Waals surface area contributed by atoms with Crippen LogP contribution in [0.4, 0.5) is 24.7 Å². The van der Waals surface area contributed by atoms with Crippen molar-refractivity contribution in [3.63, 3.8) is 0 Å². The number of halogens is 3. The third-order valence-corrected chi connectivity index (χ3v) is 8.21. The number of carbonyl (C=O) groups is 1. The highest BCUT2D eigenvalue weighted by molar-refractivity contribution is 5.99. The van der Waals surface area contributed by atoms with Crippen molar-refractivity contribution in [3.8, 4) is 11.3 Å². The van der Waals surface area contributed by atoms with E-state index in [1.807, 2.05) is 49.3 Å². The summed E-state index contributed by atoms with van der Waals surface area (Å²) in [5.74, 6) is 0.262. The summed E-state index contributed by atoms with van der Waals surface area (Å²) in [7, 11) is 3.87. The number of anilines is 2. The number of rotatable bonds is 10. The van der Waals surface area contributed by atoms with Crippen molar-refractivity contribution in [2.24, 2.45) is 0 Å². The number of likely N-dealkylation sites (N-methyl/N-ethyl adjacent to an activating group) is 1. The van der Waals surface area contributed by atoms with Gasteiger partial charge in [-0.1, -0.05) is 24.3 Å². The lowest BCUT2D eigenvalue weighted by molar-refractivity contribution is -0.137. The maximum Gasteiger partial charge on any atom is 0.418 e. The molecule has 1 aromatic carbocycles. The van der Waals surface area contributed by atoms with Gasteiger partial charge in [-0.2, -0.15) is 13.2 Å². The first kappa shape index (κ1) is 32.2. The second-order valence-electron chi connectivity index (χ2n) is 12.3. The molecule has 0 unspecified atom stereocenters. The van der Waals surface area contributed by atoms with Gasteiger partial charge in [0, 0.05) is 53.4 Å². The Bertz CT molecular complexity index is 1660. The molecule has 0 bridgehead atoms. The number of alkyl halides is 3. The number of para-hydroxylation sites is 1. The number of hydrogen-bond donors (Lipinski definition) is 4. The first-order chi connectivity index (χ1) is 21.4. The van der Waals surface area contributed by atoms with Gasteiger partial charge in [0.05, 0.1) is 28.8 Å². The number of pyridine rings is 2. The van der Waals surface area contributed by atoms with Crippen LogP contribution in [0.1, 0.15) is 49.4 Å². The number of aryl methyl sites for hydroxylation is 1. The van der Waals surface area contributed by atoms with Crippen LogP contribution < -0.4 is 16.0 Å². The number of benzene rings is 1. The van der Waals surface area contributed by atoms with E-state index in [4.69, 9.17) is 0 Å². The Balaban J connectivity index is 1.25. The average molecular weight is 620 g/mol. The number of fused-ring (bicyclic) bond motifs is 1. The zero-order chi connectivity index (χ0) is 32.2. The zero-order valence-electron chi connectivity index (χ0n) is 26.1. The van der Waals surface area contributed by atoms with Crippen molar-refractivity contribution in [1.82, 2.24) is 25.2 Å². The molecule has 0 aliphatic heterocycles. The minimum absolute atomic E-state index is 0.0288. The summed E-state index contributed by atoms with van der Waals surface area (Å²) in [5.41, 5.74) is 2.07. The van der Waals surface area contributed by atoms with E-state index >= 15 is 0 Å². The molecule has 238 valence electrons. The highest BCUT2D eigenvalue weighted by Gasteiger charge is 2.37. The van der Waals surface area contributed by atoms with E-state index < -0.39 is 11.7 Å². The topological polar surface area (TPSA) is 98.0 Å². The molecule has 0 spiro atoms. The number of carbonyl (C=O) groups excluding carboxylic acids is 1. The summed E-state index contributed by atoms with van der Waals surface area (Å²) in [6.45, 7) is 5.06. The highest BCUT2D eigenvalue weighted by atomic mass is 19.4. The predicted molar refractivity (Wildman–Crippen MR) is 173 cm³/mol. The third kappa shape index (κ3) is 8.09. The molecule has 1 fully saturated rings. The third-order valence-electron chi connectivity index (χ3n) is 8.21. The van der Waals surface area contributed by atoms with Gasteiger partial charge in [-0.05, 0) is 83.5 Å². The number of aromatic amines is 1. The molecular formula is C34H40F3N7O. The second-order valence-corrected chi connectivity index (χ2v) is 12.3. The van der Waals surface area contributed by atoms with Gasteiger partial charge in [-0.25, -0.2) is 4.98 Å². The average Bonchev–Trinajstić information content (AvgIpc) is 3.41. The number of H-pyrrole nitrogens is 1. The summed E-state index contributed by atoms with van der Waals surface area (Å²) in [6.07, 6.45) is 5.57. The van der Waals surface area contributed by atoms with E-state index in [2.05, 4.69) is 37.8 Å². The van der Waals surface area contributed by atoms with Crippen molar-refractivity contribution in [2.75, 3.05) is 31.3 Å². The van der Waals surface area contributed by atoms with Crippen molar-refractivity contribution in [1.29, 1.82) is 0 Å². The fourth-order valence-electron chi connectivity index (χ4n) is 5.87. The van der Waals surface area contributed by atoms with Crippen LogP contribution in [0, 0.1) is 6.92 Å². The maximum atomic E-state index is 14.2. The Kier molecular flexibility index (Phi) is 9.59. The van der Waals surface area contributed by atoms with Crippen molar-refractivity contribution in [3.05, 3.63) is 83.8 Å². The van der Waals surface area contributed by atoms with Gasteiger partial charge in [-0.15, -0.1) is 0 Å². The molecule has 1 aliphatic rings.